The summed E-state index contributed by atoms with van der Waals surface area (Å²) in [5.74, 6) is -0.902. The summed E-state index contributed by atoms with van der Waals surface area (Å²) in [6, 6.07) is 0. The lowest BCUT2D eigenvalue weighted by molar-refractivity contribution is -0.167. The van der Waals surface area contributed by atoms with Crippen molar-refractivity contribution in [3.05, 3.63) is 122 Å². The van der Waals surface area contributed by atoms with E-state index in [9.17, 15) is 14.4 Å². The van der Waals surface area contributed by atoms with Gasteiger partial charge in [0.25, 0.3) is 0 Å². The number of carbonyl (C=O) groups excluding carboxylic acids is 3. The Morgan fingerprint density at radius 3 is 0.785 bits per heavy atom. The highest BCUT2D eigenvalue weighted by Gasteiger charge is 2.19. The van der Waals surface area contributed by atoms with Crippen molar-refractivity contribution >= 4 is 17.9 Å². The van der Waals surface area contributed by atoms with Crippen molar-refractivity contribution in [1.29, 1.82) is 0 Å². The SMILES string of the molecule is CC/C=C\C/C=C\C/C=C\C/C=C\C/C=C\CCCCCCCCCC(=O)OC(COC(=O)CCCCCCC/C=C\CCCC)COC(=O)CCCCCCCCCCCCCCCC/C=C\C/C=C\C/C=C\C/C=C\CC. The van der Waals surface area contributed by atoms with Gasteiger partial charge in [-0.1, -0.05) is 284 Å². The van der Waals surface area contributed by atoms with Gasteiger partial charge in [0.1, 0.15) is 13.2 Å². The molecule has 6 heteroatoms. The molecule has 6 nitrogen and oxygen atoms in total. The molecule has 0 spiro atoms. The highest BCUT2D eigenvalue weighted by Crippen LogP contribution is 2.16. The van der Waals surface area contributed by atoms with Crippen molar-refractivity contribution in [3.63, 3.8) is 0 Å². The van der Waals surface area contributed by atoms with Crippen LogP contribution in [0.5, 0.6) is 0 Å². The quantitative estimate of drug-likeness (QED) is 0.0261. The Bertz CT molecular complexity index is 1640. The van der Waals surface area contributed by atoms with Gasteiger partial charge in [0, 0.05) is 19.3 Å². The van der Waals surface area contributed by atoms with Crippen LogP contribution >= 0.6 is 0 Å². The third kappa shape index (κ3) is 64.5. The van der Waals surface area contributed by atoms with Gasteiger partial charge in [0.15, 0.2) is 6.10 Å². The van der Waals surface area contributed by atoms with Crippen LogP contribution in [0, 0.1) is 0 Å². The first kappa shape index (κ1) is 74.8. The van der Waals surface area contributed by atoms with Crippen LogP contribution in [0.1, 0.15) is 303 Å². The zero-order chi connectivity index (χ0) is 57.1. The number of carbonyl (C=O) groups is 3. The second-order valence-corrected chi connectivity index (χ2v) is 21.6. The van der Waals surface area contributed by atoms with Crippen LogP contribution in [-0.4, -0.2) is 37.2 Å². The second kappa shape index (κ2) is 66.3. The second-order valence-electron chi connectivity index (χ2n) is 21.6. The molecule has 0 aromatic rings. The summed E-state index contributed by atoms with van der Waals surface area (Å²) < 4.78 is 16.9. The molecule has 0 saturated heterocycles. The first-order valence-corrected chi connectivity index (χ1v) is 33.0. The molecule has 0 aromatic carbocycles. The smallest absolute Gasteiger partial charge is 0.306 e. The fourth-order valence-electron chi connectivity index (χ4n) is 9.03. The molecule has 1 unspecified atom stereocenters. The fraction of sp³-hybridized carbons (Fsp3) is 0.685. The first-order chi connectivity index (χ1) is 39.0. The topological polar surface area (TPSA) is 78.9 Å². The summed E-state index contributed by atoms with van der Waals surface area (Å²) in [4.78, 5) is 38.3. The first-order valence-electron chi connectivity index (χ1n) is 33.0. The molecule has 0 saturated carbocycles. The zero-order valence-electron chi connectivity index (χ0n) is 51.6. The fourth-order valence-corrected chi connectivity index (χ4v) is 9.03. The number of hydrogen-bond donors (Lipinski definition) is 0. The Hall–Kier alpha value is -4.19. The average molecular weight is 1100 g/mol. The molecule has 0 N–H and O–H groups in total. The van der Waals surface area contributed by atoms with Crippen LogP contribution in [0.15, 0.2) is 122 Å². The molecule has 1 atom stereocenters. The summed E-state index contributed by atoms with van der Waals surface area (Å²) in [5.41, 5.74) is 0. The molecule has 0 fully saturated rings. The summed E-state index contributed by atoms with van der Waals surface area (Å²) in [5, 5.41) is 0. The van der Waals surface area contributed by atoms with E-state index in [1.54, 1.807) is 0 Å². The minimum absolute atomic E-state index is 0.0863. The third-order valence-electron chi connectivity index (χ3n) is 13.9. The van der Waals surface area contributed by atoms with E-state index in [4.69, 9.17) is 14.2 Å². The van der Waals surface area contributed by atoms with Gasteiger partial charge in [-0.3, -0.25) is 14.4 Å². The van der Waals surface area contributed by atoms with Crippen molar-refractivity contribution in [2.24, 2.45) is 0 Å². The van der Waals surface area contributed by atoms with Crippen molar-refractivity contribution in [2.75, 3.05) is 13.2 Å². The van der Waals surface area contributed by atoms with Gasteiger partial charge in [-0.2, -0.15) is 0 Å². The summed E-state index contributed by atoms with van der Waals surface area (Å²) in [7, 11) is 0. The molecular formula is C73H122O6. The summed E-state index contributed by atoms with van der Waals surface area (Å²) in [6.45, 7) is 6.38. The molecule has 0 aliphatic heterocycles. The van der Waals surface area contributed by atoms with Crippen LogP contribution in [0.25, 0.3) is 0 Å². The highest BCUT2D eigenvalue weighted by molar-refractivity contribution is 5.71. The van der Waals surface area contributed by atoms with Crippen LogP contribution < -0.4 is 0 Å². The lowest BCUT2D eigenvalue weighted by Crippen LogP contribution is -2.30. The number of ether oxygens (including phenoxy) is 3. The Balaban J connectivity index is 4.28. The Labute approximate surface area is 488 Å². The monoisotopic (exact) mass is 1090 g/mol. The van der Waals surface area contributed by atoms with E-state index in [1.807, 2.05) is 0 Å². The zero-order valence-corrected chi connectivity index (χ0v) is 51.6. The van der Waals surface area contributed by atoms with Crippen molar-refractivity contribution < 1.29 is 28.6 Å². The summed E-state index contributed by atoms with van der Waals surface area (Å²) >= 11 is 0. The molecule has 79 heavy (non-hydrogen) atoms. The molecule has 0 rings (SSSR count). The maximum absolute atomic E-state index is 12.9. The molecule has 0 heterocycles. The Kier molecular flexibility index (Phi) is 62.8. The Morgan fingerprint density at radius 1 is 0.266 bits per heavy atom. The highest BCUT2D eigenvalue weighted by atomic mass is 16.6. The number of esters is 3. The van der Waals surface area contributed by atoms with Gasteiger partial charge < -0.3 is 14.2 Å². The van der Waals surface area contributed by atoms with Crippen LogP contribution in [0.2, 0.25) is 0 Å². The lowest BCUT2D eigenvalue weighted by atomic mass is 10.0. The molecule has 0 bridgehead atoms. The molecular weight excluding hydrogens is 973 g/mol. The van der Waals surface area contributed by atoms with E-state index in [0.717, 1.165) is 128 Å². The van der Waals surface area contributed by atoms with Gasteiger partial charge in [-0.05, 0) is 122 Å². The number of allylic oxidation sites excluding steroid dienone is 20. The van der Waals surface area contributed by atoms with Crippen molar-refractivity contribution in [1.82, 2.24) is 0 Å². The third-order valence-corrected chi connectivity index (χ3v) is 13.9. The molecule has 450 valence electrons. The maximum Gasteiger partial charge on any atom is 0.306 e. The minimum atomic E-state index is -0.791. The van der Waals surface area contributed by atoms with E-state index in [0.29, 0.717) is 19.3 Å². The van der Waals surface area contributed by atoms with Gasteiger partial charge in [-0.25, -0.2) is 0 Å². The minimum Gasteiger partial charge on any atom is -0.462 e. The predicted molar refractivity (Wildman–Crippen MR) is 343 cm³/mol. The molecule has 0 aliphatic carbocycles. The van der Waals surface area contributed by atoms with Gasteiger partial charge >= 0.3 is 17.9 Å². The van der Waals surface area contributed by atoms with Gasteiger partial charge in [0.05, 0.1) is 0 Å². The predicted octanol–water partition coefficient (Wildman–Crippen LogP) is 22.8. The average Bonchev–Trinajstić information content (AvgIpc) is 3.45. The standard InChI is InChI=1S/C73H122O6/c1-4-7-10-13-16-19-22-24-26-28-30-32-34-35-36-37-39-40-42-44-46-48-51-54-57-60-63-66-72(75)78-69-70(68-77-71(74)65-62-59-56-53-50-21-18-15-12-9-6-3)79-73(76)67-64-61-58-55-52-49-47-45-43-41-38-33-31-29-27-25-23-20-17-14-11-8-5-2/h7-8,10-11,15-20,24-27,30-33,41,43,70H,4-6,9,12-14,21-23,28-29,34-40,42,44-69H2,1-3H3/b10-7-,11-8-,18-15-,19-16-,20-17-,26-24-,27-25-,32-30-,33-31-,43-41-. The van der Waals surface area contributed by atoms with E-state index >= 15 is 0 Å². The molecule has 0 aromatic heterocycles. The van der Waals surface area contributed by atoms with Crippen LogP contribution in [0.4, 0.5) is 0 Å². The Morgan fingerprint density at radius 2 is 0.494 bits per heavy atom. The van der Waals surface area contributed by atoms with Gasteiger partial charge in [-0.15, -0.1) is 0 Å². The van der Waals surface area contributed by atoms with Crippen molar-refractivity contribution in [2.45, 2.75) is 309 Å². The molecule has 0 amide bonds. The maximum atomic E-state index is 12.9. The van der Waals surface area contributed by atoms with E-state index < -0.39 is 6.10 Å². The van der Waals surface area contributed by atoms with Gasteiger partial charge in [0.2, 0.25) is 0 Å². The van der Waals surface area contributed by atoms with E-state index in [1.165, 1.54) is 135 Å². The number of hydrogen-bond acceptors (Lipinski definition) is 6. The largest absolute Gasteiger partial charge is 0.462 e. The normalized spacial score (nSPS) is 12.9. The van der Waals surface area contributed by atoms with Crippen LogP contribution in [0.3, 0.4) is 0 Å². The van der Waals surface area contributed by atoms with Crippen molar-refractivity contribution in [3.8, 4) is 0 Å². The number of unbranched alkanes of at least 4 members (excludes halogenated alkanes) is 28. The van der Waals surface area contributed by atoms with E-state index in [-0.39, 0.29) is 31.1 Å². The number of rotatable bonds is 59. The van der Waals surface area contributed by atoms with Crippen LogP contribution in [-0.2, 0) is 28.6 Å². The summed E-state index contributed by atoms with van der Waals surface area (Å²) in [6.07, 6.45) is 92.1. The molecule has 0 aliphatic rings. The van der Waals surface area contributed by atoms with E-state index in [2.05, 4.69) is 142 Å². The lowest BCUT2D eigenvalue weighted by Gasteiger charge is -2.18. The molecule has 0 radical (unpaired) electrons.